The minimum absolute atomic E-state index is 0.301. The third-order valence-corrected chi connectivity index (χ3v) is 2.82. The normalized spacial score (nSPS) is 14.1. The van der Waals surface area contributed by atoms with Gasteiger partial charge in [-0.05, 0) is 50.1 Å². The predicted molar refractivity (Wildman–Crippen MR) is 75.5 cm³/mol. The summed E-state index contributed by atoms with van der Waals surface area (Å²) in [5, 5.41) is 10.2. The van der Waals surface area contributed by atoms with E-state index in [9.17, 15) is 14.3 Å². The first-order valence-corrected chi connectivity index (χ1v) is 6.44. The quantitative estimate of drug-likeness (QED) is 0.510. The van der Waals surface area contributed by atoms with Crippen LogP contribution in [0.3, 0.4) is 0 Å². The number of allylic oxidation sites excluding steroid dienone is 1. The Bertz CT molecular complexity index is 515. The Balaban J connectivity index is 2.94. The Morgan fingerprint density at radius 2 is 2.00 bits per heavy atom. The Kier molecular flexibility index (Phi) is 6.12. The molecule has 0 spiro atoms. The molecule has 4 heteroatoms. The lowest BCUT2D eigenvalue weighted by Gasteiger charge is -2.13. The van der Waals surface area contributed by atoms with Gasteiger partial charge in [0.1, 0.15) is 11.9 Å². The zero-order chi connectivity index (χ0) is 15.1. The highest BCUT2D eigenvalue weighted by Gasteiger charge is 2.13. The van der Waals surface area contributed by atoms with Gasteiger partial charge < -0.3 is 9.84 Å². The maximum Gasteiger partial charge on any atom is 0.333 e. The lowest BCUT2D eigenvalue weighted by atomic mass is 9.99. The van der Waals surface area contributed by atoms with Crippen molar-refractivity contribution in [3.05, 3.63) is 58.9 Å². The molecule has 0 radical (unpaired) electrons. The van der Waals surface area contributed by atoms with Gasteiger partial charge in [-0.3, -0.25) is 0 Å². The first-order valence-electron chi connectivity index (χ1n) is 6.44. The molecule has 1 rings (SSSR count). The molecule has 0 amide bonds. The van der Waals surface area contributed by atoms with Crippen molar-refractivity contribution in [1.82, 2.24) is 0 Å². The van der Waals surface area contributed by atoms with E-state index in [1.807, 2.05) is 0 Å². The summed E-state index contributed by atoms with van der Waals surface area (Å²) in [4.78, 5) is 11.5. The number of hydrogen-bond donors (Lipinski definition) is 1. The van der Waals surface area contributed by atoms with Crippen LogP contribution in [0.5, 0.6) is 0 Å². The molecule has 20 heavy (non-hydrogen) atoms. The molecular formula is C16H19FO3. The van der Waals surface area contributed by atoms with Gasteiger partial charge in [-0.2, -0.15) is 0 Å². The fourth-order valence-corrected chi connectivity index (χ4v) is 1.71. The predicted octanol–water partition coefficient (Wildman–Crippen LogP) is 3.31. The lowest BCUT2D eigenvalue weighted by Crippen LogP contribution is -2.07. The Morgan fingerprint density at radius 3 is 2.50 bits per heavy atom. The van der Waals surface area contributed by atoms with Crippen LogP contribution in [0.4, 0.5) is 4.39 Å². The van der Waals surface area contributed by atoms with Gasteiger partial charge in [0.05, 0.1) is 6.61 Å². The van der Waals surface area contributed by atoms with E-state index in [0.29, 0.717) is 23.3 Å². The topological polar surface area (TPSA) is 46.5 Å². The standard InChI is InChI=1S/C16H19FO3/c1-4-12(10-11(3)16(19)20-5-2)15(18)13-6-8-14(17)9-7-13/h4,6-10,15,18H,5H2,1-3H3/b11-10+,12-4+. The molecule has 0 saturated heterocycles. The van der Waals surface area contributed by atoms with E-state index in [0.717, 1.165) is 0 Å². The molecule has 0 aliphatic heterocycles. The molecule has 0 aromatic heterocycles. The highest BCUT2D eigenvalue weighted by molar-refractivity contribution is 5.88. The molecular weight excluding hydrogens is 259 g/mol. The molecule has 3 nitrogen and oxygen atoms in total. The van der Waals surface area contributed by atoms with E-state index in [1.54, 1.807) is 32.9 Å². The number of esters is 1. The van der Waals surface area contributed by atoms with Crippen LogP contribution in [0.25, 0.3) is 0 Å². The molecule has 0 saturated carbocycles. The average Bonchev–Trinajstić information content (AvgIpc) is 2.44. The van der Waals surface area contributed by atoms with Gasteiger partial charge in [0, 0.05) is 5.57 Å². The summed E-state index contributed by atoms with van der Waals surface area (Å²) in [5.41, 5.74) is 1.52. The summed E-state index contributed by atoms with van der Waals surface area (Å²) in [6.45, 7) is 5.42. The number of carbonyl (C=O) groups is 1. The minimum Gasteiger partial charge on any atom is -0.463 e. The molecule has 1 N–H and O–H groups in total. The molecule has 1 unspecified atom stereocenters. The van der Waals surface area contributed by atoms with Gasteiger partial charge in [0.15, 0.2) is 0 Å². The number of halogens is 1. The SMILES string of the molecule is C/C=C(\C=C(/C)C(=O)OCC)C(O)c1ccc(F)cc1. The first kappa shape index (κ1) is 16.1. The summed E-state index contributed by atoms with van der Waals surface area (Å²) < 4.78 is 17.7. The number of aliphatic hydroxyl groups excluding tert-OH is 1. The number of aliphatic hydroxyl groups is 1. The van der Waals surface area contributed by atoms with Gasteiger partial charge in [-0.1, -0.05) is 18.2 Å². The van der Waals surface area contributed by atoms with Gasteiger partial charge >= 0.3 is 5.97 Å². The van der Waals surface area contributed by atoms with Crippen LogP contribution in [0.2, 0.25) is 0 Å². The van der Waals surface area contributed by atoms with Crippen molar-refractivity contribution in [2.24, 2.45) is 0 Å². The largest absolute Gasteiger partial charge is 0.463 e. The highest BCUT2D eigenvalue weighted by atomic mass is 19.1. The molecule has 1 atom stereocenters. The maximum atomic E-state index is 12.9. The second-order valence-corrected chi connectivity index (χ2v) is 4.29. The molecule has 0 aliphatic rings. The van der Waals surface area contributed by atoms with Gasteiger partial charge in [0.25, 0.3) is 0 Å². The van der Waals surface area contributed by atoms with Crippen LogP contribution in [-0.4, -0.2) is 17.7 Å². The van der Waals surface area contributed by atoms with E-state index in [1.165, 1.54) is 24.3 Å². The molecule has 108 valence electrons. The van der Waals surface area contributed by atoms with Crippen molar-refractivity contribution in [3.8, 4) is 0 Å². The molecule has 1 aromatic carbocycles. The van der Waals surface area contributed by atoms with Crippen LogP contribution < -0.4 is 0 Å². The number of hydrogen-bond acceptors (Lipinski definition) is 3. The van der Waals surface area contributed by atoms with Crippen molar-refractivity contribution >= 4 is 5.97 Å². The molecule has 0 heterocycles. The minimum atomic E-state index is -0.912. The van der Waals surface area contributed by atoms with Crippen LogP contribution in [0, 0.1) is 5.82 Å². The Labute approximate surface area is 118 Å². The summed E-state index contributed by atoms with van der Waals surface area (Å²) in [6, 6.07) is 5.59. The second-order valence-electron chi connectivity index (χ2n) is 4.29. The van der Waals surface area contributed by atoms with Crippen LogP contribution in [0.15, 0.2) is 47.6 Å². The van der Waals surface area contributed by atoms with Crippen LogP contribution in [-0.2, 0) is 9.53 Å². The molecule has 0 aliphatic carbocycles. The maximum absolute atomic E-state index is 12.9. The number of benzene rings is 1. The zero-order valence-electron chi connectivity index (χ0n) is 11.9. The van der Waals surface area contributed by atoms with E-state index in [2.05, 4.69) is 0 Å². The summed E-state index contributed by atoms with van der Waals surface area (Å²) in [7, 11) is 0. The van der Waals surface area contributed by atoms with Crippen LogP contribution in [0.1, 0.15) is 32.4 Å². The summed E-state index contributed by atoms with van der Waals surface area (Å²) in [5.74, 6) is -0.778. The fourth-order valence-electron chi connectivity index (χ4n) is 1.71. The zero-order valence-corrected chi connectivity index (χ0v) is 11.9. The molecule has 1 aromatic rings. The molecule has 0 bridgehead atoms. The van der Waals surface area contributed by atoms with Crippen molar-refractivity contribution < 1.29 is 19.0 Å². The average molecular weight is 278 g/mol. The summed E-state index contributed by atoms with van der Waals surface area (Å²) >= 11 is 0. The second kappa shape index (κ2) is 7.60. The third-order valence-electron chi connectivity index (χ3n) is 2.82. The van der Waals surface area contributed by atoms with Crippen molar-refractivity contribution in [3.63, 3.8) is 0 Å². The van der Waals surface area contributed by atoms with Crippen molar-refractivity contribution in [1.29, 1.82) is 0 Å². The van der Waals surface area contributed by atoms with Gasteiger partial charge in [0.2, 0.25) is 0 Å². The smallest absolute Gasteiger partial charge is 0.333 e. The Morgan fingerprint density at radius 1 is 1.40 bits per heavy atom. The van der Waals surface area contributed by atoms with Gasteiger partial charge in [-0.15, -0.1) is 0 Å². The third kappa shape index (κ3) is 4.31. The summed E-state index contributed by atoms with van der Waals surface area (Å²) in [6.07, 6.45) is 2.37. The van der Waals surface area contributed by atoms with Crippen LogP contribution >= 0.6 is 0 Å². The lowest BCUT2D eigenvalue weighted by molar-refractivity contribution is -0.138. The monoisotopic (exact) mass is 278 g/mol. The number of rotatable bonds is 5. The highest BCUT2D eigenvalue weighted by Crippen LogP contribution is 2.24. The molecule has 0 fully saturated rings. The number of ether oxygens (including phenoxy) is 1. The number of carbonyl (C=O) groups excluding carboxylic acids is 1. The van der Waals surface area contributed by atoms with E-state index in [-0.39, 0.29) is 5.82 Å². The van der Waals surface area contributed by atoms with E-state index >= 15 is 0 Å². The van der Waals surface area contributed by atoms with Crippen molar-refractivity contribution in [2.75, 3.05) is 6.61 Å². The fraction of sp³-hybridized carbons (Fsp3) is 0.312. The van der Waals surface area contributed by atoms with E-state index in [4.69, 9.17) is 4.74 Å². The van der Waals surface area contributed by atoms with E-state index < -0.39 is 12.1 Å². The van der Waals surface area contributed by atoms with Crippen molar-refractivity contribution in [2.45, 2.75) is 26.9 Å². The first-order chi connectivity index (χ1) is 9.49. The van der Waals surface area contributed by atoms with Gasteiger partial charge in [-0.25, -0.2) is 9.18 Å². The Hall–Kier alpha value is -1.94.